The fourth-order valence-electron chi connectivity index (χ4n) is 2.94. The number of halogens is 1. The highest BCUT2D eigenvalue weighted by Crippen LogP contribution is 2.16. The third kappa shape index (κ3) is 4.41. The van der Waals surface area contributed by atoms with Crippen molar-refractivity contribution < 1.29 is 9.18 Å². The first-order valence-electron chi connectivity index (χ1n) is 9.27. The fraction of sp³-hybridized carbons (Fsp3) is 0.143. The highest BCUT2D eigenvalue weighted by atomic mass is 32.2. The summed E-state index contributed by atoms with van der Waals surface area (Å²) in [5, 5.41) is 11.3. The molecule has 4 rings (SSSR count). The van der Waals surface area contributed by atoms with E-state index >= 15 is 0 Å². The van der Waals surface area contributed by atoms with Crippen molar-refractivity contribution in [2.45, 2.75) is 11.6 Å². The molecule has 4 aromatic rings. The SMILES string of the molecule is O=C(CSc1nnc2c(=O)n(-c3ccc(F)cc3)ccn12)NCCc1ccccc1. The molecule has 9 heteroatoms. The van der Waals surface area contributed by atoms with E-state index in [0.717, 1.165) is 12.0 Å². The molecule has 2 aromatic carbocycles. The van der Waals surface area contributed by atoms with Crippen LogP contribution in [-0.2, 0) is 11.2 Å². The monoisotopic (exact) mass is 423 g/mol. The summed E-state index contributed by atoms with van der Waals surface area (Å²) in [5.41, 5.74) is 1.44. The van der Waals surface area contributed by atoms with Crippen LogP contribution in [0.2, 0.25) is 0 Å². The molecule has 1 N–H and O–H groups in total. The number of hydrogen-bond donors (Lipinski definition) is 1. The second kappa shape index (κ2) is 8.91. The lowest BCUT2D eigenvalue weighted by molar-refractivity contribution is -0.118. The van der Waals surface area contributed by atoms with Crippen LogP contribution in [0.25, 0.3) is 11.3 Å². The fourth-order valence-corrected chi connectivity index (χ4v) is 3.69. The smallest absolute Gasteiger partial charge is 0.300 e. The zero-order valence-electron chi connectivity index (χ0n) is 15.9. The Morgan fingerprint density at radius 3 is 2.57 bits per heavy atom. The maximum absolute atomic E-state index is 13.1. The van der Waals surface area contributed by atoms with Crippen molar-refractivity contribution in [1.82, 2.24) is 24.5 Å². The van der Waals surface area contributed by atoms with Crippen LogP contribution in [0, 0.1) is 5.82 Å². The third-order valence-corrected chi connectivity index (χ3v) is 5.40. The number of nitrogens with zero attached hydrogens (tertiary/aromatic N) is 4. The molecule has 0 bridgehead atoms. The number of aromatic nitrogens is 4. The highest BCUT2D eigenvalue weighted by molar-refractivity contribution is 7.99. The molecule has 0 aliphatic rings. The molecular weight excluding hydrogens is 405 g/mol. The first kappa shape index (κ1) is 19.8. The number of benzene rings is 2. The zero-order valence-corrected chi connectivity index (χ0v) is 16.7. The van der Waals surface area contributed by atoms with Gasteiger partial charge in [0.1, 0.15) is 5.82 Å². The number of amides is 1. The lowest BCUT2D eigenvalue weighted by Gasteiger charge is -2.07. The summed E-state index contributed by atoms with van der Waals surface area (Å²) in [6.07, 6.45) is 3.97. The summed E-state index contributed by atoms with van der Waals surface area (Å²) in [6, 6.07) is 15.5. The summed E-state index contributed by atoms with van der Waals surface area (Å²) in [7, 11) is 0. The molecule has 0 spiro atoms. The Balaban J connectivity index is 1.40. The van der Waals surface area contributed by atoms with E-state index in [4.69, 9.17) is 0 Å². The Morgan fingerprint density at radius 2 is 1.80 bits per heavy atom. The van der Waals surface area contributed by atoms with E-state index in [1.807, 2.05) is 30.3 Å². The van der Waals surface area contributed by atoms with Crippen molar-refractivity contribution in [2.24, 2.45) is 0 Å². The molecule has 0 saturated carbocycles. The second-order valence-electron chi connectivity index (χ2n) is 6.50. The standard InChI is InChI=1S/C21H18FN5O2S/c22-16-6-8-17(9-7-16)26-12-13-27-19(20(26)29)24-25-21(27)30-14-18(28)23-11-10-15-4-2-1-3-5-15/h1-9,12-13H,10-11,14H2,(H,23,28). The van der Waals surface area contributed by atoms with Gasteiger partial charge in [-0.25, -0.2) is 4.39 Å². The summed E-state index contributed by atoms with van der Waals surface area (Å²) in [5.74, 6) is -0.334. The molecule has 0 atom stereocenters. The van der Waals surface area contributed by atoms with Gasteiger partial charge in [0.15, 0.2) is 5.16 Å². The van der Waals surface area contributed by atoms with Crippen LogP contribution in [0.4, 0.5) is 4.39 Å². The predicted octanol–water partition coefficient (Wildman–Crippen LogP) is 2.47. The van der Waals surface area contributed by atoms with Gasteiger partial charge in [0, 0.05) is 24.6 Å². The lowest BCUT2D eigenvalue weighted by atomic mass is 10.1. The van der Waals surface area contributed by atoms with Crippen molar-refractivity contribution in [2.75, 3.05) is 12.3 Å². The molecule has 2 heterocycles. The van der Waals surface area contributed by atoms with Gasteiger partial charge >= 0.3 is 5.56 Å². The average molecular weight is 423 g/mol. The minimum atomic E-state index is -0.379. The van der Waals surface area contributed by atoms with E-state index in [1.165, 1.54) is 40.6 Å². The van der Waals surface area contributed by atoms with Crippen LogP contribution in [0.15, 0.2) is 76.9 Å². The summed E-state index contributed by atoms with van der Waals surface area (Å²) < 4.78 is 16.0. The number of nitrogens with one attached hydrogen (secondary N) is 1. The molecule has 30 heavy (non-hydrogen) atoms. The largest absolute Gasteiger partial charge is 0.355 e. The topological polar surface area (TPSA) is 81.3 Å². The summed E-state index contributed by atoms with van der Waals surface area (Å²) in [4.78, 5) is 24.8. The molecule has 0 unspecified atom stereocenters. The van der Waals surface area contributed by atoms with Crippen LogP contribution < -0.4 is 10.9 Å². The number of carbonyl (C=O) groups excluding carboxylic acids is 1. The van der Waals surface area contributed by atoms with E-state index in [1.54, 1.807) is 16.8 Å². The Hall–Kier alpha value is -3.46. The van der Waals surface area contributed by atoms with Gasteiger partial charge in [-0.2, -0.15) is 0 Å². The van der Waals surface area contributed by atoms with Gasteiger partial charge in [-0.15, -0.1) is 10.2 Å². The zero-order chi connectivity index (χ0) is 20.9. The maximum atomic E-state index is 13.1. The minimum Gasteiger partial charge on any atom is -0.355 e. The van der Waals surface area contributed by atoms with Crippen molar-refractivity contribution in [3.63, 3.8) is 0 Å². The van der Waals surface area contributed by atoms with Crippen molar-refractivity contribution in [3.8, 4) is 5.69 Å². The van der Waals surface area contributed by atoms with Gasteiger partial charge in [-0.3, -0.25) is 18.6 Å². The van der Waals surface area contributed by atoms with Gasteiger partial charge in [0.2, 0.25) is 11.6 Å². The van der Waals surface area contributed by atoms with Gasteiger partial charge < -0.3 is 5.32 Å². The van der Waals surface area contributed by atoms with Gasteiger partial charge in [-0.05, 0) is 36.2 Å². The Labute approximate surface area is 175 Å². The van der Waals surface area contributed by atoms with Crippen LogP contribution in [0.3, 0.4) is 0 Å². The summed E-state index contributed by atoms with van der Waals surface area (Å²) in [6.45, 7) is 0.548. The average Bonchev–Trinajstić information content (AvgIpc) is 3.18. The van der Waals surface area contributed by atoms with E-state index in [-0.39, 0.29) is 28.7 Å². The number of carbonyl (C=O) groups is 1. The van der Waals surface area contributed by atoms with E-state index in [9.17, 15) is 14.0 Å². The predicted molar refractivity (Wildman–Crippen MR) is 112 cm³/mol. The van der Waals surface area contributed by atoms with Gasteiger partial charge in [0.05, 0.1) is 5.75 Å². The van der Waals surface area contributed by atoms with Crippen LogP contribution >= 0.6 is 11.8 Å². The van der Waals surface area contributed by atoms with Gasteiger partial charge in [-0.1, -0.05) is 42.1 Å². The first-order valence-corrected chi connectivity index (χ1v) is 10.3. The number of fused-ring (bicyclic) bond motifs is 1. The number of hydrogen-bond acceptors (Lipinski definition) is 5. The molecule has 0 fully saturated rings. The van der Waals surface area contributed by atoms with Crippen molar-refractivity contribution in [1.29, 1.82) is 0 Å². The Morgan fingerprint density at radius 1 is 1.03 bits per heavy atom. The summed E-state index contributed by atoms with van der Waals surface area (Å²) >= 11 is 1.20. The maximum Gasteiger partial charge on any atom is 0.300 e. The Kier molecular flexibility index (Phi) is 5.89. The van der Waals surface area contributed by atoms with Crippen molar-refractivity contribution >= 4 is 23.3 Å². The van der Waals surface area contributed by atoms with Crippen molar-refractivity contribution in [3.05, 3.63) is 88.7 Å². The van der Waals surface area contributed by atoms with Gasteiger partial charge in [0.25, 0.3) is 0 Å². The molecule has 2 aromatic heterocycles. The number of thioether (sulfide) groups is 1. The van der Waals surface area contributed by atoms with Crippen LogP contribution in [-0.4, -0.2) is 37.4 Å². The molecule has 0 aliphatic carbocycles. The minimum absolute atomic E-state index is 0.118. The lowest BCUT2D eigenvalue weighted by Crippen LogP contribution is -2.27. The second-order valence-corrected chi connectivity index (χ2v) is 7.44. The van der Waals surface area contributed by atoms with E-state index in [0.29, 0.717) is 17.4 Å². The van der Waals surface area contributed by atoms with E-state index in [2.05, 4.69) is 15.5 Å². The van der Waals surface area contributed by atoms with E-state index < -0.39 is 0 Å². The quantitative estimate of drug-likeness (QED) is 0.462. The molecular formula is C21H18FN5O2S. The molecule has 0 radical (unpaired) electrons. The molecule has 0 aliphatic heterocycles. The molecule has 152 valence electrons. The molecule has 7 nitrogen and oxygen atoms in total. The first-order chi connectivity index (χ1) is 14.6. The van der Waals surface area contributed by atoms with Crippen LogP contribution in [0.5, 0.6) is 0 Å². The Bertz CT molecular complexity index is 1220. The highest BCUT2D eigenvalue weighted by Gasteiger charge is 2.13. The number of rotatable bonds is 7. The molecule has 0 saturated heterocycles. The molecule has 1 amide bonds. The van der Waals surface area contributed by atoms with Crippen LogP contribution in [0.1, 0.15) is 5.56 Å². The normalized spacial score (nSPS) is 11.0. The third-order valence-electron chi connectivity index (χ3n) is 4.46.